The predicted octanol–water partition coefficient (Wildman–Crippen LogP) is 5.85. The zero-order chi connectivity index (χ0) is 13.4. The maximum atomic E-state index is 6.06. The normalized spacial score (nSPS) is 11.0. The van der Waals surface area contributed by atoms with Crippen LogP contribution in [-0.2, 0) is 0 Å². The maximum Gasteiger partial charge on any atom is 0.136 e. The van der Waals surface area contributed by atoms with E-state index >= 15 is 0 Å². The predicted molar refractivity (Wildman–Crippen MR) is 85.8 cm³/mol. The molecule has 0 bridgehead atoms. The van der Waals surface area contributed by atoms with E-state index in [9.17, 15) is 0 Å². The molecule has 4 rings (SSSR count). The molecular formula is C18H12OS. The summed E-state index contributed by atoms with van der Waals surface area (Å²) in [5.74, 6) is 1.79. The van der Waals surface area contributed by atoms with Gasteiger partial charge in [-0.2, -0.15) is 0 Å². The number of fused-ring (bicyclic) bond motifs is 3. The molecule has 0 radical (unpaired) electrons. The summed E-state index contributed by atoms with van der Waals surface area (Å²) in [7, 11) is 0. The second-order valence-corrected chi connectivity index (χ2v) is 5.73. The van der Waals surface area contributed by atoms with E-state index in [1.165, 1.54) is 20.2 Å². The highest BCUT2D eigenvalue weighted by atomic mass is 32.1. The zero-order valence-corrected chi connectivity index (χ0v) is 11.6. The lowest BCUT2D eigenvalue weighted by atomic mass is 10.1. The number of para-hydroxylation sites is 1. The van der Waals surface area contributed by atoms with Crippen molar-refractivity contribution in [2.24, 2.45) is 0 Å². The van der Waals surface area contributed by atoms with Crippen molar-refractivity contribution >= 4 is 31.5 Å². The molecule has 0 N–H and O–H groups in total. The van der Waals surface area contributed by atoms with Gasteiger partial charge in [-0.15, -0.1) is 11.3 Å². The molecule has 0 aliphatic rings. The van der Waals surface area contributed by atoms with Crippen LogP contribution in [0.1, 0.15) is 0 Å². The van der Waals surface area contributed by atoms with Gasteiger partial charge in [0.05, 0.1) is 0 Å². The third-order valence-corrected chi connectivity index (χ3v) is 4.47. The van der Waals surface area contributed by atoms with Crippen molar-refractivity contribution in [3.8, 4) is 11.5 Å². The summed E-state index contributed by atoms with van der Waals surface area (Å²) < 4.78 is 8.63. The number of ether oxygens (including phenoxy) is 1. The Kier molecular flexibility index (Phi) is 2.68. The van der Waals surface area contributed by atoms with E-state index in [1.54, 1.807) is 11.3 Å². The standard InChI is InChI=1S/C18H12OS/c1-2-7-13(8-3-1)19-15-10-6-12-17-18(15)14-9-4-5-11-16(14)20-17/h1-12H. The first-order chi connectivity index (χ1) is 9.92. The largest absolute Gasteiger partial charge is 0.457 e. The molecule has 4 aromatic rings. The molecule has 0 saturated carbocycles. The molecule has 1 nitrogen and oxygen atoms in total. The Labute approximate surface area is 121 Å². The van der Waals surface area contributed by atoms with Crippen LogP contribution in [0.5, 0.6) is 11.5 Å². The third kappa shape index (κ3) is 1.86. The molecule has 0 unspecified atom stereocenters. The fourth-order valence-corrected chi connectivity index (χ4v) is 3.57. The molecule has 1 heterocycles. The molecule has 0 fully saturated rings. The van der Waals surface area contributed by atoms with Gasteiger partial charge in [-0.25, -0.2) is 0 Å². The molecule has 96 valence electrons. The minimum Gasteiger partial charge on any atom is -0.457 e. The van der Waals surface area contributed by atoms with E-state index in [-0.39, 0.29) is 0 Å². The number of benzene rings is 3. The van der Waals surface area contributed by atoms with Gasteiger partial charge < -0.3 is 4.74 Å². The highest BCUT2D eigenvalue weighted by Gasteiger charge is 2.10. The lowest BCUT2D eigenvalue weighted by molar-refractivity contribution is 0.489. The fraction of sp³-hybridized carbons (Fsp3) is 0. The van der Waals surface area contributed by atoms with Crippen LogP contribution in [0.3, 0.4) is 0 Å². The van der Waals surface area contributed by atoms with Gasteiger partial charge >= 0.3 is 0 Å². The van der Waals surface area contributed by atoms with Crippen molar-refractivity contribution in [2.45, 2.75) is 0 Å². The van der Waals surface area contributed by atoms with Gasteiger partial charge in [0.15, 0.2) is 0 Å². The van der Waals surface area contributed by atoms with Crippen molar-refractivity contribution in [2.75, 3.05) is 0 Å². The summed E-state index contributed by atoms with van der Waals surface area (Å²) in [6.45, 7) is 0. The van der Waals surface area contributed by atoms with Gasteiger partial charge in [0, 0.05) is 20.2 Å². The molecule has 2 heteroatoms. The second kappa shape index (κ2) is 4.66. The lowest BCUT2D eigenvalue weighted by Gasteiger charge is -2.07. The number of hydrogen-bond donors (Lipinski definition) is 0. The molecule has 3 aromatic carbocycles. The van der Waals surface area contributed by atoms with Crippen LogP contribution < -0.4 is 4.74 Å². The monoisotopic (exact) mass is 276 g/mol. The quantitative estimate of drug-likeness (QED) is 0.446. The average Bonchev–Trinajstić information content (AvgIpc) is 2.88. The van der Waals surface area contributed by atoms with Crippen LogP contribution in [0.2, 0.25) is 0 Å². The van der Waals surface area contributed by atoms with Gasteiger partial charge in [0.25, 0.3) is 0 Å². The Morgan fingerprint density at radius 3 is 2.30 bits per heavy atom. The number of rotatable bonds is 2. The Bertz CT molecular complexity index is 878. The van der Waals surface area contributed by atoms with Crippen LogP contribution >= 0.6 is 11.3 Å². The van der Waals surface area contributed by atoms with Crippen LogP contribution in [0.4, 0.5) is 0 Å². The van der Waals surface area contributed by atoms with Crippen LogP contribution in [-0.4, -0.2) is 0 Å². The van der Waals surface area contributed by atoms with E-state index in [1.807, 2.05) is 36.4 Å². The van der Waals surface area contributed by atoms with E-state index < -0.39 is 0 Å². The Hall–Kier alpha value is -2.32. The zero-order valence-electron chi connectivity index (χ0n) is 10.7. The van der Waals surface area contributed by atoms with Gasteiger partial charge in [-0.3, -0.25) is 0 Å². The third-order valence-electron chi connectivity index (χ3n) is 3.34. The minimum absolute atomic E-state index is 0.871. The van der Waals surface area contributed by atoms with E-state index in [0.29, 0.717) is 0 Å². The van der Waals surface area contributed by atoms with Crippen molar-refractivity contribution in [1.29, 1.82) is 0 Å². The minimum atomic E-state index is 0.871. The first-order valence-corrected chi connectivity index (χ1v) is 7.37. The summed E-state index contributed by atoms with van der Waals surface area (Å²) in [6.07, 6.45) is 0. The molecule has 0 spiro atoms. The lowest BCUT2D eigenvalue weighted by Crippen LogP contribution is -1.83. The van der Waals surface area contributed by atoms with Gasteiger partial charge in [-0.05, 0) is 30.3 Å². The first-order valence-electron chi connectivity index (χ1n) is 6.55. The summed E-state index contributed by atoms with van der Waals surface area (Å²) in [5, 5.41) is 2.47. The Morgan fingerprint density at radius 1 is 0.650 bits per heavy atom. The van der Waals surface area contributed by atoms with Crippen LogP contribution in [0.25, 0.3) is 20.2 Å². The SMILES string of the molecule is c1ccc(Oc2cccc3sc4ccccc4c23)cc1. The molecule has 0 saturated heterocycles. The highest BCUT2D eigenvalue weighted by Crippen LogP contribution is 2.40. The van der Waals surface area contributed by atoms with Gasteiger partial charge in [0.1, 0.15) is 11.5 Å². The van der Waals surface area contributed by atoms with Crippen molar-refractivity contribution < 1.29 is 4.74 Å². The van der Waals surface area contributed by atoms with Crippen LogP contribution in [0, 0.1) is 0 Å². The van der Waals surface area contributed by atoms with Crippen LogP contribution in [0.15, 0.2) is 72.8 Å². The molecule has 0 aliphatic heterocycles. The van der Waals surface area contributed by atoms with Gasteiger partial charge in [-0.1, -0.05) is 42.5 Å². The molecule has 0 atom stereocenters. The highest BCUT2D eigenvalue weighted by molar-refractivity contribution is 7.25. The van der Waals surface area contributed by atoms with E-state index in [4.69, 9.17) is 4.74 Å². The second-order valence-electron chi connectivity index (χ2n) is 4.64. The molecule has 1 aromatic heterocycles. The van der Waals surface area contributed by atoms with Gasteiger partial charge in [0.2, 0.25) is 0 Å². The average molecular weight is 276 g/mol. The maximum absolute atomic E-state index is 6.06. The van der Waals surface area contributed by atoms with E-state index in [0.717, 1.165) is 11.5 Å². The number of hydrogen-bond acceptors (Lipinski definition) is 2. The fourth-order valence-electron chi connectivity index (χ4n) is 2.44. The van der Waals surface area contributed by atoms with Crippen molar-refractivity contribution in [3.63, 3.8) is 0 Å². The Balaban J connectivity index is 1.95. The molecule has 0 aliphatic carbocycles. The van der Waals surface area contributed by atoms with Crippen molar-refractivity contribution in [1.82, 2.24) is 0 Å². The van der Waals surface area contributed by atoms with E-state index in [2.05, 4.69) is 36.4 Å². The smallest absolute Gasteiger partial charge is 0.136 e. The molecular weight excluding hydrogens is 264 g/mol. The Morgan fingerprint density at radius 2 is 1.40 bits per heavy atom. The number of thiophene rings is 1. The molecule has 0 amide bonds. The topological polar surface area (TPSA) is 9.23 Å². The summed E-state index contributed by atoms with van der Waals surface area (Å²) in [5.41, 5.74) is 0. The van der Waals surface area contributed by atoms with Crippen molar-refractivity contribution in [3.05, 3.63) is 72.8 Å². The summed E-state index contributed by atoms with van der Waals surface area (Å²) in [6, 6.07) is 24.6. The molecule has 20 heavy (non-hydrogen) atoms. The summed E-state index contributed by atoms with van der Waals surface area (Å²) >= 11 is 1.81. The summed E-state index contributed by atoms with van der Waals surface area (Å²) in [4.78, 5) is 0. The first kappa shape index (κ1) is 11.5.